The van der Waals surface area contributed by atoms with Gasteiger partial charge < -0.3 is 10.3 Å². The third kappa shape index (κ3) is 3.46. The first kappa shape index (κ1) is 17.4. The lowest BCUT2D eigenvalue weighted by Crippen LogP contribution is -2.07. The van der Waals surface area contributed by atoms with Crippen molar-refractivity contribution >= 4 is 38.7 Å². The number of nitrogens with zero attached hydrogens (tertiary/aromatic N) is 3. The lowest BCUT2D eigenvalue weighted by Gasteiger charge is -2.07. The molecule has 0 spiro atoms. The predicted octanol–water partition coefficient (Wildman–Crippen LogP) is 4.72. The van der Waals surface area contributed by atoms with Crippen molar-refractivity contribution in [1.29, 1.82) is 0 Å². The number of rotatable bonds is 3. The van der Waals surface area contributed by atoms with Gasteiger partial charge in [-0.2, -0.15) is 0 Å². The Morgan fingerprint density at radius 1 is 1.11 bits per heavy atom. The Balaban J connectivity index is 1.96. The van der Waals surface area contributed by atoms with Crippen molar-refractivity contribution in [1.82, 2.24) is 19.9 Å². The summed E-state index contributed by atoms with van der Waals surface area (Å²) in [4.78, 5) is 28.2. The van der Waals surface area contributed by atoms with Gasteiger partial charge in [0.15, 0.2) is 0 Å². The topological polar surface area (TPSA) is 83.6 Å². The van der Waals surface area contributed by atoms with Gasteiger partial charge >= 0.3 is 0 Å². The molecular weight excluding hydrogens is 406 g/mol. The van der Waals surface area contributed by atoms with E-state index in [0.29, 0.717) is 5.82 Å². The van der Waals surface area contributed by atoms with E-state index in [4.69, 9.17) is 0 Å². The highest BCUT2D eigenvalue weighted by molar-refractivity contribution is 9.10. The van der Waals surface area contributed by atoms with Gasteiger partial charge in [0, 0.05) is 35.6 Å². The Hall–Kier alpha value is -3.06. The van der Waals surface area contributed by atoms with E-state index in [1.165, 1.54) is 6.92 Å². The number of nitrogens with one attached hydrogen (secondary N) is 2. The highest BCUT2D eigenvalue weighted by Gasteiger charge is 2.18. The van der Waals surface area contributed by atoms with Gasteiger partial charge in [-0.15, -0.1) is 0 Å². The second kappa shape index (κ2) is 6.92. The molecule has 2 N–H and O–H groups in total. The Morgan fingerprint density at radius 2 is 1.96 bits per heavy atom. The smallest absolute Gasteiger partial charge is 0.222 e. The molecular formula is C20H16BrN5O. The molecule has 134 valence electrons. The molecule has 0 aliphatic heterocycles. The van der Waals surface area contributed by atoms with Crippen LogP contribution in [0.2, 0.25) is 0 Å². The number of carbonyl (C=O) groups is 1. The number of halogens is 1. The SMILES string of the molecule is CC(=O)Nc1cc(-c2[nH]c3cc(Br)cnc3c2-c2ccc(C)cn2)ccn1. The molecule has 0 unspecified atom stereocenters. The fraction of sp³-hybridized carbons (Fsp3) is 0.100. The van der Waals surface area contributed by atoms with Crippen molar-refractivity contribution < 1.29 is 4.79 Å². The molecule has 4 aromatic rings. The largest absolute Gasteiger partial charge is 0.353 e. The number of carbonyl (C=O) groups excluding carboxylic acids is 1. The number of fused-ring (bicyclic) bond motifs is 1. The van der Waals surface area contributed by atoms with Crippen LogP contribution in [0.1, 0.15) is 12.5 Å². The van der Waals surface area contributed by atoms with E-state index in [0.717, 1.165) is 43.6 Å². The van der Waals surface area contributed by atoms with Crippen molar-refractivity contribution in [3.8, 4) is 22.5 Å². The highest BCUT2D eigenvalue weighted by Crippen LogP contribution is 2.37. The van der Waals surface area contributed by atoms with Crippen molar-refractivity contribution in [3.05, 3.63) is 59.0 Å². The number of anilines is 1. The monoisotopic (exact) mass is 421 g/mol. The predicted molar refractivity (Wildman–Crippen MR) is 109 cm³/mol. The summed E-state index contributed by atoms with van der Waals surface area (Å²) in [7, 11) is 0. The number of hydrogen-bond acceptors (Lipinski definition) is 4. The van der Waals surface area contributed by atoms with E-state index in [1.807, 2.05) is 43.5 Å². The van der Waals surface area contributed by atoms with Gasteiger partial charge in [0.2, 0.25) is 5.91 Å². The second-order valence-electron chi connectivity index (χ2n) is 6.26. The third-order valence-electron chi connectivity index (χ3n) is 4.12. The maximum absolute atomic E-state index is 11.4. The molecule has 0 aromatic carbocycles. The summed E-state index contributed by atoms with van der Waals surface area (Å²) in [5.41, 5.74) is 6.33. The number of amides is 1. The van der Waals surface area contributed by atoms with Crippen LogP contribution in [0.4, 0.5) is 5.82 Å². The molecule has 0 saturated heterocycles. The van der Waals surface area contributed by atoms with E-state index in [2.05, 4.69) is 41.2 Å². The summed E-state index contributed by atoms with van der Waals surface area (Å²) in [5, 5.41) is 2.72. The van der Waals surface area contributed by atoms with Crippen molar-refractivity contribution in [2.24, 2.45) is 0 Å². The molecule has 1 amide bonds. The Morgan fingerprint density at radius 3 is 2.70 bits per heavy atom. The maximum Gasteiger partial charge on any atom is 0.222 e. The fourth-order valence-corrected chi connectivity index (χ4v) is 3.30. The zero-order chi connectivity index (χ0) is 19.0. The van der Waals surface area contributed by atoms with Crippen LogP contribution in [0, 0.1) is 6.92 Å². The van der Waals surface area contributed by atoms with Crippen LogP contribution < -0.4 is 5.32 Å². The summed E-state index contributed by atoms with van der Waals surface area (Å²) in [6.07, 6.45) is 5.28. The molecule has 4 rings (SSSR count). The fourth-order valence-electron chi connectivity index (χ4n) is 2.97. The van der Waals surface area contributed by atoms with Gasteiger partial charge in [0.05, 0.1) is 28.0 Å². The van der Waals surface area contributed by atoms with Gasteiger partial charge in [-0.05, 0) is 52.7 Å². The van der Waals surface area contributed by atoms with Crippen LogP contribution in [-0.4, -0.2) is 25.8 Å². The normalized spacial score (nSPS) is 10.9. The van der Waals surface area contributed by atoms with Crippen LogP contribution in [0.3, 0.4) is 0 Å². The molecule has 4 heterocycles. The number of aromatic amines is 1. The summed E-state index contributed by atoms with van der Waals surface area (Å²) >= 11 is 3.47. The average Bonchev–Trinajstić information content (AvgIpc) is 3.00. The lowest BCUT2D eigenvalue weighted by molar-refractivity contribution is -0.114. The molecule has 6 nitrogen and oxygen atoms in total. The Labute approximate surface area is 164 Å². The van der Waals surface area contributed by atoms with E-state index < -0.39 is 0 Å². The molecule has 0 bridgehead atoms. The number of hydrogen-bond donors (Lipinski definition) is 2. The number of pyridine rings is 3. The van der Waals surface area contributed by atoms with Crippen molar-refractivity contribution in [3.63, 3.8) is 0 Å². The van der Waals surface area contributed by atoms with Crippen molar-refractivity contribution in [2.45, 2.75) is 13.8 Å². The van der Waals surface area contributed by atoms with Crippen LogP contribution in [0.25, 0.3) is 33.5 Å². The standard InChI is InChI=1S/C20H16BrN5O/c1-11-3-4-15(23-9-11)18-19(26-16-8-14(21)10-24-20(16)18)13-5-6-22-17(7-13)25-12(2)27/h3-10,26H,1-2H3,(H,22,25,27). The zero-order valence-corrected chi connectivity index (χ0v) is 16.3. The van der Waals surface area contributed by atoms with E-state index in [1.54, 1.807) is 12.4 Å². The number of H-pyrrole nitrogens is 1. The molecule has 0 aliphatic carbocycles. The summed E-state index contributed by atoms with van der Waals surface area (Å²) in [6.45, 7) is 3.46. The first-order valence-corrected chi connectivity index (χ1v) is 9.15. The Kier molecular flexibility index (Phi) is 4.45. The summed E-state index contributed by atoms with van der Waals surface area (Å²) < 4.78 is 0.889. The quantitative estimate of drug-likeness (QED) is 0.501. The first-order valence-electron chi connectivity index (χ1n) is 8.35. The van der Waals surface area contributed by atoms with Gasteiger partial charge in [-0.25, -0.2) is 4.98 Å². The van der Waals surface area contributed by atoms with Gasteiger partial charge in [-0.3, -0.25) is 14.8 Å². The minimum atomic E-state index is -0.165. The molecule has 0 aliphatic rings. The molecule has 0 atom stereocenters. The van der Waals surface area contributed by atoms with Gasteiger partial charge in [-0.1, -0.05) is 6.07 Å². The zero-order valence-electron chi connectivity index (χ0n) is 14.7. The maximum atomic E-state index is 11.4. The Bertz CT molecular complexity index is 1150. The average molecular weight is 422 g/mol. The number of aryl methyl sites for hydroxylation is 1. The second-order valence-corrected chi connectivity index (χ2v) is 7.17. The molecule has 7 heteroatoms. The molecule has 4 aromatic heterocycles. The van der Waals surface area contributed by atoms with Gasteiger partial charge in [0.25, 0.3) is 0 Å². The lowest BCUT2D eigenvalue weighted by atomic mass is 10.0. The molecule has 27 heavy (non-hydrogen) atoms. The van der Waals surface area contributed by atoms with Crippen LogP contribution >= 0.6 is 15.9 Å². The van der Waals surface area contributed by atoms with E-state index in [9.17, 15) is 4.79 Å². The van der Waals surface area contributed by atoms with Crippen LogP contribution in [0.5, 0.6) is 0 Å². The van der Waals surface area contributed by atoms with Crippen LogP contribution in [0.15, 0.2) is 53.4 Å². The van der Waals surface area contributed by atoms with Crippen molar-refractivity contribution in [2.75, 3.05) is 5.32 Å². The third-order valence-corrected chi connectivity index (χ3v) is 4.55. The summed E-state index contributed by atoms with van der Waals surface area (Å²) in [5.74, 6) is 0.331. The van der Waals surface area contributed by atoms with E-state index >= 15 is 0 Å². The summed E-state index contributed by atoms with van der Waals surface area (Å²) in [6, 6.07) is 9.72. The highest BCUT2D eigenvalue weighted by atomic mass is 79.9. The minimum Gasteiger partial charge on any atom is -0.353 e. The minimum absolute atomic E-state index is 0.165. The number of aromatic nitrogens is 4. The van der Waals surface area contributed by atoms with E-state index in [-0.39, 0.29) is 5.91 Å². The van der Waals surface area contributed by atoms with Crippen LogP contribution in [-0.2, 0) is 4.79 Å². The molecule has 0 fully saturated rings. The van der Waals surface area contributed by atoms with Gasteiger partial charge in [0.1, 0.15) is 5.82 Å². The molecule has 0 radical (unpaired) electrons. The first-order chi connectivity index (χ1) is 13.0. The molecule has 0 saturated carbocycles.